The third kappa shape index (κ3) is 4.10. The van der Waals surface area contributed by atoms with Gasteiger partial charge < -0.3 is 4.74 Å². The first-order chi connectivity index (χ1) is 8.95. The van der Waals surface area contributed by atoms with Crippen LogP contribution in [0.15, 0.2) is 46.9 Å². The maximum Gasteiger partial charge on any atom is 0.127 e. The number of hydrogen-bond acceptors (Lipinski definition) is 1. The van der Waals surface area contributed by atoms with Gasteiger partial charge in [0, 0.05) is 10.5 Å². The lowest BCUT2D eigenvalue weighted by molar-refractivity contribution is 0.305. The van der Waals surface area contributed by atoms with Gasteiger partial charge in [0.05, 0.1) is 0 Å². The Labute approximate surface area is 123 Å². The molecule has 0 spiro atoms. The van der Waals surface area contributed by atoms with Crippen LogP contribution in [0.2, 0.25) is 0 Å². The summed E-state index contributed by atoms with van der Waals surface area (Å²) in [6.45, 7) is 7.22. The second-order valence-electron chi connectivity index (χ2n) is 5.61. The van der Waals surface area contributed by atoms with Gasteiger partial charge in [0.25, 0.3) is 0 Å². The minimum Gasteiger partial charge on any atom is -0.488 e. The summed E-state index contributed by atoms with van der Waals surface area (Å²) in [6, 6.07) is 17.4. The Kier molecular flexibility index (Phi) is 4.31. The quantitative estimate of drug-likeness (QED) is 0.763. The molecule has 0 fully saturated rings. The lowest BCUT2D eigenvalue weighted by Gasteiger charge is -2.19. The summed E-state index contributed by atoms with van der Waals surface area (Å²) < 4.78 is 6.70. The molecular formula is C17H18BrO. The van der Waals surface area contributed by atoms with Gasteiger partial charge in [-0.15, -0.1) is 0 Å². The van der Waals surface area contributed by atoms with Crippen LogP contribution in [0.25, 0.3) is 0 Å². The maximum absolute atomic E-state index is 5.70. The van der Waals surface area contributed by atoms with E-state index >= 15 is 0 Å². The first-order valence-corrected chi connectivity index (χ1v) is 7.14. The highest BCUT2D eigenvalue weighted by molar-refractivity contribution is 9.10. The van der Waals surface area contributed by atoms with Gasteiger partial charge in [-0.1, -0.05) is 61.0 Å². The molecule has 0 aliphatic rings. The molecule has 0 amide bonds. The van der Waals surface area contributed by atoms with E-state index in [0.717, 1.165) is 10.2 Å². The predicted octanol–water partition coefficient (Wildman–Crippen LogP) is 5.13. The zero-order chi connectivity index (χ0) is 13.9. The molecule has 0 aliphatic heterocycles. The van der Waals surface area contributed by atoms with Gasteiger partial charge in [0.2, 0.25) is 0 Å². The zero-order valence-electron chi connectivity index (χ0n) is 11.5. The average Bonchev–Trinajstić information content (AvgIpc) is 2.37. The van der Waals surface area contributed by atoms with E-state index in [1.807, 2.05) is 18.2 Å². The number of hydrogen-bond donors (Lipinski definition) is 0. The van der Waals surface area contributed by atoms with Gasteiger partial charge in [0.1, 0.15) is 12.4 Å². The Bertz CT molecular complexity index is 521. The predicted molar refractivity (Wildman–Crippen MR) is 82.5 cm³/mol. The van der Waals surface area contributed by atoms with Crippen molar-refractivity contribution in [3.05, 3.63) is 64.1 Å². The first-order valence-electron chi connectivity index (χ1n) is 6.34. The van der Waals surface area contributed by atoms with Crippen molar-refractivity contribution in [1.82, 2.24) is 0 Å². The number of ether oxygens (including phenoxy) is 1. The molecule has 2 aromatic carbocycles. The third-order valence-corrected chi connectivity index (χ3v) is 3.45. The van der Waals surface area contributed by atoms with Crippen molar-refractivity contribution in [2.24, 2.45) is 0 Å². The highest BCUT2D eigenvalue weighted by Crippen LogP contribution is 2.22. The van der Waals surface area contributed by atoms with Crippen LogP contribution < -0.4 is 4.74 Å². The van der Waals surface area contributed by atoms with E-state index < -0.39 is 0 Å². The van der Waals surface area contributed by atoms with Crippen molar-refractivity contribution in [2.75, 3.05) is 0 Å². The van der Waals surface area contributed by atoms with Crippen LogP contribution in [0.1, 0.15) is 31.9 Å². The lowest BCUT2D eigenvalue weighted by Crippen LogP contribution is -2.10. The van der Waals surface area contributed by atoms with Crippen LogP contribution in [0.5, 0.6) is 5.75 Å². The molecule has 0 saturated heterocycles. The van der Waals surface area contributed by atoms with Crippen LogP contribution in [-0.2, 0) is 12.0 Å². The van der Waals surface area contributed by atoms with E-state index in [1.54, 1.807) is 0 Å². The van der Waals surface area contributed by atoms with Crippen LogP contribution in [0, 0.1) is 6.07 Å². The topological polar surface area (TPSA) is 9.23 Å². The van der Waals surface area contributed by atoms with Gasteiger partial charge in [-0.25, -0.2) is 0 Å². The Morgan fingerprint density at radius 3 is 2.26 bits per heavy atom. The van der Waals surface area contributed by atoms with Gasteiger partial charge in [-0.3, -0.25) is 0 Å². The second-order valence-corrected chi connectivity index (χ2v) is 6.52. The molecule has 1 radical (unpaired) electrons. The minimum absolute atomic E-state index is 0.193. The summed E-state index contributed by atoms with van der Waals surface area (Å²) >= 11 is 3.38. The maximum atomic E-state index is 5.70. The Hall–Kier alpha value is -1.28. The molecular weight excluding hydrogens is 300 g/mol. The summed E-state index contributed by atoms with van der Waals surface area (Å²) in [5.74, 6) is 0.767. The van der Waals surface area contributed by atoms with Crippen molar-refractivity contribution in [2.45, 2.75) is 32.8 Å². The fraction of sp³-hybridized carbons (Fsp3) is 0.294. The van der Waals surface area contributed by atoms with Crippen molar-refractivity contribution < 1.29 is 4.74 Å². The molecule has 0 heterocycles. The van der Waals surface area contributed by atoms with E-state index in [4.69, 9.17) is 4.74 Å². The van der Waals surface area contributed by atoms with Crippen LogP contribution in [-0.4, -0.2) is 0 Å². The molecule has 0 aromatic heterocycles. The molecule has 0 bridgehead atoms. The fourth-order valence-electron chi connectivity index (χ4n) is 1.74. The van der Waals surface area contributed by atoms with Crippen molar-refractivity contribution in [3.8, 4) is 5.75 Å². The lowest BCUT2D eigenvalue weighted by atomic mass is 9.87. The van der Waals surface area contributed by atoms with E-state index in [-0.39, 0.29) is 5.41 Å². The fourth-order valence-corrected chi connectivity index (χ4v) is 1.99. The highest BCUT2D eigenvalue weighted by atomic mass is 79.9. The Balaban J connectivity index is 1.98. The second kappa shape index (κ2) is 5.79. The first kappa shape index (κ1) is 14.1. The van der Waals surface area contributed by atoms with Crippen molar-refractivity contribution in [3.63, 3.8) is 0 Å². The molecule has 0 N–H and O–H groups in total. The smallest absolute Gasteiger partial charge is 0.127 e. The van der Waals surface area contributed by atoms with Gasteiger partial charge in [-0.05, 0) is 34.7 Å². The normalized spacial score (nSPS) is 11.4. The van der Waals surface area contributed by atoms with E-state index in [9.17, 15) is 0 Å². The summed E-state index contributed by atoms with van der Waals surface area (Å²) in [5.41, 5.74) is 2.70. The minimum atomic E-state index is 0.193. The molecule has 2 aromatic rings. The van der Waals surface area contributed by atoms with E-state index in [1.165, 1.54) is 11.1 Å². The van der Waals surface area contributed by atoms with E-state index in [2.05, 4.69) is 67.0 Å². The average molecular weight is 318 g/mol. The Morgan fingerprint density at radius 1 is 1.05 bits per heavy atom. The Morgan fingerprint density at radius 2 is 1.74 bits per heavy atom. The van der Waals surface area contributed by atoms with Crippen LogP contribution in [0.4, 0.5) is 0 Å². The summed E-state index contributed by atoms with van der Waals surface area (Å²) in [5, 5.41) is 0. The monoisotopic (exact) mass is 317 g/mol. The molecule has 0 aliphatic carbocycles. The molecule has 0 saturated carbocycles. The largest absolute Gasteiger partial charge is 0.488 e. The number of benzene rings is 2. The van der Waals surface area contributed by atoms with Crippen molar-refractivity contribution in [1.29, 1.82) is 0 Å². The van der Waals surface area contributed by atoms with Crippen LogP contribution >= 0.6 is 15.9 Å². The summed E-state index contributed by atoms with van der Waals surface area (Å²) in [6.07, 6.45) is 0. The molecule has 2 heteroatoms. The van der Waals surface area contributed by atoms with Crippen LogP contribution in [0.3, 0.4) is 0 Å². The summed E-state index contributed by atoms with van der Waals surface area (Å²) in [4.78, 5) is 0. The molecule has 0 unspecified atom stereocenters. The molecule has 99 valence electrons. The number of rotatable bonds is 3. The van der Waals surface area contributed by atoms with Gasteiger partial charge >= 0.3 is 0 Å². The molecule has 19 heavy (non-hydrogen) atoms. The van der Waals surface area contributed by atoms with Gasteiger partial charge in [-0.2, -0.15) is 0 Å². The number of halogens is 1. The molecule has 0 atom stereocenters. The molecule has 1 nitrogen and oxygen atoms in total. The third-order valence-electron chi connectivity index (χ3n) is 2.96. The SMILES string of the molecule is CC(C)(C)c1ccc(COc2[c]cc(Br)cc2)cc1. The van der Waals surface area contributed by atoms with Gasteiger partial charge in [0.15, 0.2) is 0 Å². The molecule has 2 rings (SSSR count). The van der Waals surface area contributed by atoms with Crippen molar-refractivity contribution >= 4 is 15.9 Å². The summed E-state index contributed by atoms with van der Waals surface area (Å²) in [7, 11) is 0. The van der Waals surface area contributed by atoms with E-state index in [0.29, 0.717) is 6.61 Å². The highest BCUT2D eigenvalue weighted by Gasteiger charge is 2.12. The zero-order valence-corrected chi connectivity index (χ0v) is 13.1. The standard InChI is InChI=1S/C17H18BrO/c1-17(2,3)14-6-4-13(5-7-14)12-19-16-10-8-15(18)9-11-16/h4-10H,12H2,1-3H3.